The van der Waals surface area contributed by atoms with Crippen molar-refractivity contribution < 1.29 is 35.5 Å². The van der Waals surface area contributed by atoms with Gasteiger partial charge in [-0.15, -0.1) is 0 Å². The molecule has 0 aromatic heterocycles. The van der Waals surface area contributed by atoms with Crippen LogP contribution in [0, 0.1) is 0 Å². The topological polar surface area (TPSA) is 142 Å². The SMILES string of the molecule is CCCCCCCCCCCCC(O)CSC(C(O)CCCCCCCCCCCC)C(O)C(C)O.OB(O)O. The van der Waals surface area contributed by atoms with Crippen LogP contribution in [0.4, 0.5) is 0 Å². The number of thioether (sulfide) groups is 1. The van der Waals surface area contributed by atoms with Crippen LogP contribution in [0.15, 0.2) is 0 Å². The van der Waals surface area contributed by atoms with Gasteiger partial charge in [0.05, 0.1) is 29.7 Å². The Morgan fingerprint density at radius 1 is 0.525 bits per heavy atom. The molecule has 0 saturated carbocycles. The standard InChI is InChI=1S/C31H64O4S.BH3O3/c1-4-6-8-10-12-14-16-18-20-22-24-28(33)26-36-31(30(35)27(3)32)29(34)25-23-21-19-17-15-13-11-9-7-5-2;2-1(3)4/h27-35H,4-26H2,1-3H3;2-4H. The summed E-state index contributed by atoms with van der Waals surface area (Å²) in [6, 6.07) is 0. The maximum atomic E-state index is 10.8. The Hall–Kier alpha value is 0.135. The summed E-state index contributed by atoms with van der Waals surface area (Å²) in [5.74, 6) is 0.501. The van der Waals surface area contributed by atoms with Crippen LogP contribution in [0.25, 0.3) is 0 Å². The van der Waals surface area contributed by atoms with Crippen molar-refractivity contribution in [2.45, 2.75) is 192 Å². The van der Waals surface area contributed by atoms with E-state index in [0.717, 1.165) is 32.1 Å². The maximum absolute atomic E-state index is 10.8. The van der Waals surface area contributed by atoms with E-state index in [9.17, 15) is 20.4 Å². The van der Waals surface area contributed by atoms with Gasteiger partial charge in [0.25, 0.3) is 0 Å². The molecule has 5 atom stereocenters. The van der Waals surface area contributed by atoms with Crippen LogP contribution in [-0.4, -0.2) is 78.2 Å². The predicted molar refractivity (Wildman–Crippen MR) is 171 cm³/mol. The summed E-state index contributed by atoms with van der Waals surface area (Å²) in [4.78, 5) is 0. The van der Waals surface area contributed by atoms with E-state index in [1.54, 1.807) is 6.92 Å². The summed E-state index contributed by atoms with van der Waals surface area (Å²) in [6.07, 6.45) is 23.8. The fourth-order valence-electron chi connectivity index (χ4n) is 4.89. The zero-order chi connectivity index (χ0) is 30.4. The molecule has 0 aliphatic heterocycles. The van der Waals surface area contributed by atoms with Crippen LogP contribution in [0.2, 0.25) is 0 Å². The number of hydrogen-bond acceptors (Lipinski definition) is 8. The fourth-order valence-corrected chi connectivity index (χ4v) is 6.28. The number of aliphatic hydroxyl groups excluding tert-OH is 4. The van der Waals surface area contributed by atoms with Crippen molar-refractivity contribution in [3.63, 3.8) is 0 Å². The largest absolute Gasteiger partial charge is 0.631 e. The second kappa shape index (κ2) is 32.1. The van der Waals surface area contributed by atoms with Gasteiger partial charge in [0.2, 0.25) is 0 Å². The molecular formula is C31H67BO7S. The van der Waals surface area contributed by atoms with Crippen LogP contribution >= 0.6 is 11.8 Å². The molecule has 0 heterocycles. The maximum Gasteiger partial charge on any atom is 0.631 e. The average molecular weight is 595 g/mol. The normalized spacial score (nSPS) is 15.2. The minimum atomic E-state index is -2.17. The monoisotopic (exact) mass is 594 g/mol. The highest BCUT2D eigenvalue weighted by Crippen LogP contribution is 2.26. The van der Waals surface area contributed by atoms with Crippen LogP contribution in [-0.2, 0) is 0 Å². The lowest BCUT2D eigenvalue weighted by molar-refractivity contribution is 0.000749. The molecule has 0 saturated heterocycles. The van der Waals surface area contributed by atoms with Gasteiger partial charge in [-0.2, -0.15) is 11.8 Å². The van der Waals surface area contributed by atoms with Crippen LogP contribution < -0.4 is 0 Å². The summed E-state index contributed by atoms with van der Waals surface area (Å²) in [5, 5.41) is 62.6. The minimum Gasteiger partial charge on any atom is -0.402 e. The molecule has 0 aromatic carbocycles. The minimum absolute atomic E-state index is 0.419. The lowest BCUT2D eigenvalue weighted by atomic mass is 10.0. The first kappa shape index (κ1) is 42.3. The first-order valence-electron chi connectivity index (χ1n) is 16.5. The Bertz CT molecular complexity index is 486. The summed E-state index contributed by atoms with van der Waals surface area (Å²) < 4.78 is 0. The molecule has 9 heteroatoms. The molecule has 7 nitrogen and oxygen atoms in total. The van der Waals surface area contributed by atoms with Gasteiger partial charge in [0.15, 0.2) is 0 Å². The van der Waals surface area contributed by atoms with E-state index in [1.165, 1.54) is 114 Å². The second-order valence-corrected chi connectivity index (χ2v) is 12.7. The Morgan fingerprint density at radius 3 is 1.20 bits per heavy atom. The first-order chi connectivity index (χ1) is 19.2. The van der Waals surface area contributed by atoms with Gasteiger partial charge >= 0.3 is 7.32 Å². The van der Waals surface area contributed by atoms with Crippen molar-refractivity contribution in [2.24, 2.45) is 0 Å². The van der Waals surface area contributed by atoms with Crippen LogP contribution in [0.5, 0.6) is 0 Å². The molecule has 0 rings (SSSR count). The van der Waals surface area contributed by atoms with Crippen molar-refractivity contribution in [1.29, 1.82) is 0 Å². The molecule has 7 N–H and O–H groups in total. The highest BCUT2D eigenvalue weighted by molar-refractivity contribution is 8.00. The number of unbranched alkanes of at least 4 members (excludes halogenated alkanes) is 18. The molecule has 5 unspecified atom stereocenters. The molecule has 0 amide bonds. The van der Waals surface area contributed by atoms with Crippen molar-refractivity contribution in [1.82, 2.24) is 0 Å². The van der Waals surface area contributed by atoms with E-state index in [4.69, 9.17) is 15.1 Å². The Kier molecular flexibility index (Phi) is 33.9. The Morgan fingerprint density at radius 2 is 0.850 bits per heavy atom. The average Bonchev–Trinajstić information content (AvgIpc) is 2.90. The van der Waals surface area contributed by atoms with Gasteiger partial charge in [0, 0.05) is 5.75 Å². The molecule has 242 valence electrons. The zero-order valence-corrected chi connectivity index (χ0v) is 27.1. The van der Waals surface area contributed by atoms with E-state index in [0.29, 0.717) is 12.2 Å². The second-order valence-electron chi connectivity index (χ2n) is 11.5. The first-order valence-corrected chi connectivity index (χ1v) is 17.6. The van der Waals surface area contributed by atoms with Crippen molar-refractivity contribution in [2.75, 3.05) is 5.75 Å². The van der Waals surface area contributed by atoms with Crippen molar-refractivity contribution >= 4 is 19.1 Å². The molecule has 0 radical (unpaired) electrons. The van der Waals surface area contributed by atoms with Crippen molar-refractivity contribution in [3.05, 3.63) is 0 Å². The van der Waals surface area contributed by atoms with E-state index < -0.39 is 37.0 Å². The quantitative estimate of drug-likeness (QED) is 0.0424. The third kappa shape index (κ3) is 31.1. The third-order valence-corrected chi connectivity index (χ3v) is 8.99. The summed E-state index contributed by atoms with van der Waals surface area (Å²) in [6.45, 7) is 6.08. The summed E-state index contributed by atoms with van der Waals surface area (Å²) in [5.41, 5.74) is 0. The van der Waals surface area contributed by atoms with E-state index >= 15 is 0 Å². The molecule has 0 aromatic rings. The highest BCUT2D eigenvalue weighted by atomic mass is 32.2. The van der Waals surface area contributed by atoms with E-state index in [1.807, 2.05) is 0 Å². The molecule has 0 aliphatic carbocycles. The lowest BCUT2D eigenvalue weighted by Crippen LogP contribution is -2.42. The lowest BCUT2D eigenvalue weighted by Gasteiger charge is -2.29. The third-order valence-electron chi connectivity index (χ3n) is 7.44. The van der Waals surface area contributed by atoms with E-state index in [2.05, 4.69) is 13.8 Å². The molecule has 40 heavy (non-hydrogen) atoms. The van der Waals surface area contributed by atoms with Gasteiger partial charge in [-0.05, 0) is 19.8 Å². The molecule has 0 aliphatic rings. The predicted octanol–water partition coefficient (Wildman–Crippen LogP) is 6.12. The van der Waals surface area contributed by atoms with Crippen LogP contribution in [0.1, 0.15) is 162 Å². The molecular weight excluding hydrogens is 527 g/mol. The highest BCUT2D eigenvalue weighted by Gasteiger charge is 2.30. The van der Waals surface area contributed by atoms with Gasteiger partial charge < -0.3 is 35.5 Å². The molecule has 0 fully saturated rings. The van der Waals surface area contributed by atoms with Crippen molar-refractivity contribution in [3.8, 4) is 0 Å². The number of aliphatic hydroxyl groups is 4. The van der Waals surface area contributed by atoms with Gasteiger partial charge in [-0.3, -0.25) is 0 Å². The Labute approximate surface area is 251 Å². The summed E-state index contributed by atoms with van der Waals surface area (Å²) in [7, 11) is -2.17. The van der Waals surface area contributed by atoms with Gasteiger partial charge in [-0.1, -0.05) is 142 Å². The smallest absolute Gasteiger partial charge is 0.402 e. The van der Waals surface area contributed by atoms with Gasteiger partial charge in [0.1, 0.15) is 0 Å². The van der Waals surface area contributed by atoms with Crippen LogP contribution in [0.3, 0.4) is 0 Å². The number of hydrogen-bond donors (Lipinski definition) is 7. The Balaban J connectivity index is 0. The zero-order valence-electron chi connectivity index (χ0n) is 26.3. The van der Waals surface area contributed by atoms with Gasteiger partial charge in [-0.25, -0.2) is 0 Å². The molecule has 0 bridgehead atoms. The summed E-state index contributed by atoms with van der Waals surface area (Å²) >= 11 is 1.43. The molecule has 0 spiro atoms. The number of rotatable bonds is 28. The fraction of sp³-hybridized carbons (Fsp3) is 1.00. The van der Waals surface area contributed by atoms with E-state index in [-0.39, 0.29) is 0 Å².